The molecule has 0 aliphatic heterocycles. The van der Waals surface area contributed by atoms with Gasteiger partial charge in [-0.15, -0.1) is 0 Å². The second kappa shape index (κ2) is 4.66. The molecule has 0 aliphatic carbocycles. The maximum absolute atomic E-state index is 3.75. The van der Waals surface area contributed by atoms with Crippen molar-refractivity contribution >= 4 is 15.9 Å². The van der Waals surface area contributed by atoms with Gasteiger partial charge in [-0.1, -0.05) is 55.4 Å². The van der Waals surface area contributed by atoms with E-state index in [-0.39, 0.29) is 5.41 Å². The summed E-state index contributed by atoms with van der Waals surface area (Å²) in [6, 6.07) is 0. The van der Waals surface area contributed by atoms with Crippen LogP contribution in [0, 0.1) is 5.41 Å². The fourth-order valence-corrected chi connectivity index (χ4v) is 1.09. The summed E-state index contributed by atoms with van der Waals surface area (Å²) in [4.78, 5) is 0. The predicted octanol–water partition coefficient (Wildman–Crippen LogP) is 4.44. The van der Waals surface area contributed by atoms with Crippen LogP contribution in [-0.2, 0) is 0 Å². The molecule has 0 rings (SSSR count). The summed E-state index contributed by atoms with van der Waals surface area (Å²) in [5.41, 5.74) is 1.54. The minimum Gasteiger partial charge on any atom is -0.0847 e. The van der Waals surface area contributed by atoms with E-state index < -0.39 is 0 Å². The van der Waals surface area contributed by atoms with Crippen molar-refractivity contribution in [3.05, 3.63) is 34.9 Å². The molecule has 0 fully saturated rings. The first kappa shape index (κ1) is 11.7. The van der Waals surface area contributed by atoms with E-state index >= 15 is 0 Å². The fraction of sp³-hybridized carbons (Fsp3) is 0.455. The maximum Gasteiger partial charge on any atom is 0.0103 e. The molecule has 0 aliphatic rings. The van der Waals surface area contributed by atoms with Crippen molar-refractivity contribution in [2.75, 3.05) is 0 Å². The minimum absolute atomic E-state index is 0.216. The summed E-state index contributed by atoms with van der Waals surface area (Å²) in [6.45, 7) is 12.4. The van der Waals surface area contributed by atoms with Gasteiger partial charge in [0, 0.05) is 4.48 Å². The Hall–Kier alpha value is -0.300. The summed E-state index contributed by atoms with van der Waals surface area (Å²) < 4.78 is 0.908. The van der Waals surface area contributed by atoms with Gasteiger partial charge in [-0.3, -0.25) is 0 Å². The molecule has 0 nitrogen and oxygen atoms in total. The first-order chi connectivity index (χ1) is 5.38. The molecule has 0 unspecified atom stereocenters. The van der Waals surface area contributed by atoms with E-state index in [1.807, 2.05) is 6.08 Å². The van der Waals surface area contributed by atoms with E-state index in [0.29, 0.717) is 0 Å². The molecule has 0 aromatic carbocycles. The summed E-state index contributed by atoms with van der Waals surface area (Å²) in [6.07, 6.45) is 6.20. The molecule has 0 radical (unpaired) electrons. The summed E-state index contributed by atoms with van der Waals surface area (Å²) in [7, 11) is 0. The third-order valence-corrected chi connectivity index (χ3v) is 1.89. The second-order valence-electron chi connectivity index (χ2n) is 3.77. The van der Waals surface area contributed by atoms with E-state index in [0.717, 1.165) is 4.48 Å². The van der Waals surface area contributed by atoms with Gasteiger partial charge in [0.15, 0.2) is 0 Å². The molecule has 0 saturated carbocycles. The van der Waals surface area contributed by atoms with Crippen LogP contribution in [0.25, 0.3) is 0 Å². The van der Waals surface area contributed by atoms with E-state index in [1.165, 1.54) is 5.57 Å². The highest BCUT2D eigenvalue weighted by molar-refractivity contribution is 9.11. The van der Waals surface area contributed by atoms with Crippen molar-refractivity contribution in [2.45, 2.75) is 27.7 Å². The van der Waals surface area contributed by atoms with Crippen LogP contribution in [0.4, 0.5) is 0 Å². The van der Waals surface area contributed by atoms with Crippen molar-refractivity contribution in [1.82, 2.24) is 0 Å². The van der Waals surface area contributed by atoms with Gasteiger partial charge in [0.1, 0.15) is 0 Å². The van der Waals surface area contributed by atoms with Crippen molar-refractivity contribution in [1.29, 1.82) is 0 Å². The Kier molecular flexibility index (Phi) is 4.54. The first-order valence-electron chi connectivity index (χ1n) is 4.07. The quantitative estimate of drug-likeness (QED) is 0.614. The lowest BCUT2D eigenvalue weighted by Gasteiger charge is -2.19. The predicted molar refractivity (Wildman–Crippen MR) is 60.4 cm³/mol. The Morgan fingerprint density at radius 3 is 2.00 bits per heavy atom. The SMILES string of the molecule is C=C(Br)/C=C\C(=C/C)C(C)(C)C. The van der Waals surface area contributed by atoms with Gasteiger partial charge < -0.3 is 0 Å². The van der Waals surface area contributed by atoms with Gasteiger partial charge in [0.25, 0.3) is 0 Å². The average molecular weight is 229 g/mol. The minimum atomic E-state index is 0.216. The van der Waals surface area contributed by atoms with E-state index in [2.05, 4.69) is 62.4 Å². The van der Waals surface area contributed by atoms with Crippen LogP contribution in [-0.4, -0.2) is 0 Å². The summed E-state index contributed by atoms with van der Waals surface area (Å²) in [5, 5.41) is 0. The second-order valence-corrected chi connectivity index (χ2v) is 4.79. The highest BCUT2D eigenvalue weighted by Crippen LogP contribution is 2.26. The molecular formula is C11H17Br. The first-order valence-corrected chi connectivity index (χ1v) is 4.86. The molecule has 0 N–H and O–H groups in total. The molecule has 0 heterocycles. The van der Waals surface area contributed by atoms with Crippen molar-refractivity contribution in [3.63, 3.8) is 0 Å². The van der Waals surface area contributed by atoms with Gasteiger partial charge in [0.2, 0.25) is 0 Å². The van der Waals surface area contributed by atoms with Crippen LogP contribution in [0.15, 0.2) is 34.9 Å². The molecule has 68 valence electrons. The zero-order valence-corrected chi connectivity index (χ0v) is 9.90. The molecular weight excluding hydrogens is 212 g/mol. The molecule has 0 saturated heterocycles. The summed E-state index contributed by atoms with van der Waals surface area (Å²) in [5.74, 6) is 0. The van der Waals surface area contributed by atoms with Crippen LogP contribution in [0.1, 0.15) is 27.7 Å². The maximum atomic E-state index is 3.75. The Morgan fingerprint density at radius 1 is 1.25 bits per heavy atom. The van der Waals surface area contributed by atoms with Crippen LogP contribution in [0.2, 0.25) is 0 Å². The molecule has 0 atom stereocenters. The Morgan fingerprint density at radius 2 is 1.75 bits per heavy atom. The van der Waals surface area contributed by atoms with Gasteiger partial charge in [-0.05, 0) is 24.0 Å². The number of rotatable bonds is 2. The van der Waals surface area contributed by atoms with Gasteiger partial charge in [-0.2, -0.15) is 0 Å². The molecule has 0 aromatic heterocycles. The third kappa shape index (κ3) is 4.55. The lowest BCUT2D eigenvalue weighted by Crippen LogP contribution is -2.06. The lowest BCUT2D eigenvalue weighted by molar-refractivity contribution is 0.516. The van der Waals surface area contributed by atoms with E-state index in [1.54, 1.807) is 0 Å². The Labute approximate surface area is 84.2 Å². The third-order valence-electron chi connectivity index (χ3n) is 1.62. The molecule has 1 heteroatoms. The molecule has 0 amide bonds. The molecule has 0 spiro atoms. The molecule has 0 aromatic rings. The molecule has 0 bridgehead atoms. The Balaban J connectivity index is 4.53. The largest absolute Gasteiger partial charge is 0.0847 e. The highest BCUT2D eigenvalue weighted by Gasteiger charge is 2.12. The number of hydrogen-bond acceptors (Lipinski definition) is 0. The van der Waals surface area contributed by atoms with Gasteiger partial charge >= 0.3 is 0 Å². The van der Waals surface area contributed by atoms with Crippen LogP contribution >= 0.6 is 15.9 Å². The van der Waals surface area contributed by atoms with Crippen molar-refractivity contribution in [3.8, 4) is 0 Å². The topological polar surface area (TPSA) is 0 Å². The van der Waals surface area contributed by atoms with Gasteiger partial charge in [-0.25, -0.2) is 0 Å². The number of hydrogen-bond donors (Lipinski definition) is 0. The van der Waals surface area contributed by atoms with Crippen molar-refractivity contribution < 1.29 is 0 Å². The monoisotopic (exact) mass is 228 g/mol. The number of halogens is 1. The highest BCUT2D eigenvalue weighted by atomic mass is 79.9. The summed E-state index contributed by atoms with van der Waals surface area (Å²) >= 11 is 3.29. The lowest BCUT2D eigenvalue weighted by atomic mass is 9.86. The standard InChI is InChI=1S/C11H17Br/c1-6-10(11(3,4)5)8-7-9(2)12/h6-8H,2H2,1,3-5H3/b8-7-,10-6+. The zero-order chi connectivity index (χ0) is 9.78. The van der Waals surface area contributed by atoms with Crippen LogP contribution < -0.4 is 0 Å². The van der Waals surface area contributed by atoms with Gasteiger partial charge in [0.05, 0.1) is 0 Å². The van der Waals surface area contributed by atoms with Crippen LogP contribution in [0.5, 0.6) is 0 Å². The zero-order valence-electron chi connectivity index (χ0n) is 8.32. The number of allylic oxidation sites excluding steroid dienone is 5. The molecule has 12 heavy (non-hydrogen) atoms. The van der Waals surface area contributed by atoms with Crippen LogP contribution in [0.3, 0.4) is 0 Å². The average Bonchev–Trinajstić information content (AvgIpc) is 1.85. The van der Waals surface area contributed by atoms with E-state index in [9.17, 15) is 0 Å². The Bertz CT molecular complexity index is 214. The smallest absolute Gasteiger partial charge is 0.0103 e. The fourth-order valence-electron chi connectivity index (χ4n) is 0.959. The normalized spacial score (nSPS) is 13.9. The van der Waals surface area contributed by atoms with E-state index in [4.69, 9.17) is 0 Å². The van der Waals surface area contributed by atoms with Crippen molar-refractivity contribution in [2.24, 2.45) is 5.41 Å².